The molecule has 0 aliphatic heterocycles. The summed E-state index contributed by atoms with van der Waals surface area (Å²) in [4.78, 5) is 2.54. The maximum absolute atomic E-state index is 2.54. The van der Waals surface area contributed by atoms with Crippen LogP contribution in [0.3, 0.4) is 0 Å². The van der Waals surface area contributed by atoms with Crippen molar-refractivity contribution in [3.8, 4) is 0 Å². The van der Waals surface area contributed by atoms with Crippen molar-refractivity contribution in [3.63, 3.8) is 0 Å². The first kappa shape index (κ1) is 26.0. The van der Waals surface area contributed by atoms with E-state index in [1.807, 2.05) is 0 Å². The molecule has 0 radical (unpaired) electrons. The Bertz CT molecular complexity index is 259. The van der Waals surface area contributed by atoms with Gasteiger partial charge in [0.1, 0.15) is 0 Å². The van der Waals surface area contributed by atoms with Gasteiger partial charge in [-0.2, -0.15) is 0 Å². The molecule has 0 N–H and O–H groups in total. The molecular weight excluding hydrogens is 314 g/mol. The van der Waals surface area contributed by atoms with E-state index < -0.39 is 0 Å². The second-order valence-electron chi connectivity index (χ2n) is 9.62. The maximum atomic E-state index is 2.54. The van der Waals surface area contributed by atoms with Crippen molar-refractivity contribution >= 4 is 0 Å². The fraction of sp³-hybridized carbons (Fsp3) is 1.00. The zero-order valence-corrected chi connectivity index (χ0v) is 19.3. The lowest BCUT2D eigenvalue weighted by Crippen LogP contribution is -2.20. The van der Waals surface area contributed by atoms with Crippen LogP contribution in [0.2, 0.25) is 0 Å². The molecule has 0 aromatic carbocycles. The highest BCUT2D eigenvalue weighted by Gasteiger charge is 2.00. The molecule has 0 aromatic rings. The Morgan fingerprint density at radius 3 is 1.08 bits per heavy atom. The summed E-state index contributed by atoms with van der Waals surface area (Å²) in [6, 6.07) is 0. The van der Waals surface area contributed by atoms with Crippen molar-refractivity contribution in [2.45, 2.75) is 130 Å². The van der Waals surface area contributed by atoms with Gasteiger partial charge in [0.25, 0.3) is 0 Å². The number of nitrogens with zero attached hydrogens (tertiary/aromatic N) is 1. The van der Waals surface area contributed by atoms with Crippen LogP contribution < -0.4 is 0 Å². The van der Waals surface area contributed by atoms with Gasteiger partial charge >= 0.3 is 0 Å². The van der Waals surface area contributed by atoms with Crippen LogP contribution in [0.1, 0.15) is 130 Å². The lowest BCUT2D eigenvalue weighted by molar-refractivity contribution is 0.312. The van der Waals surface area contributed by atoms with Crippen molar-refractivity contribution in [1.29, 1.82) is 0 Å². The standard InChI is InChI=1S/C25H53N/c1-24(2)20-16-14-12-10-8-6-7-9-11-13-15-18-22-26(5)23-19-17-21-25(3)4/h24-25H,6-23H2,1-5H3. The van der Waals surface area contributed by atoms with Gasteiger partial charge in [0.05, 0.1) is 0 Å². The molecule has 158 valence electrons. The summed E-state index contributed by atoms with van der Waals surface area (Å²) in [5, 5.41) is 0. The van der Waals surface area contributed by atoms with Crippen molar-refractivity contribution in [1.82, 2.24) is 4.90 Å². The summed E-state index contributed by atoms with van der Waals surface area (Å²) >= 11 is 0. The van der Waals surface area contributed by atoms with E-state index >= 15 is 0 Å². The zero-order chi connectivity index (χ0) is 19.5. The van der Waals surface area contributed by atoms with Crippen LogP contribution in [0.5, 0.6) is 0 Å². The van der Waals surface area contributed by atoms with Crippen LogP contribution in [0.15, 0.2) is 0 Å². The summed E-state index contributed by atoms with van der Waals surface area (Å²) < 4.78 is 0. The van der Waals surface area contributed by atoms with E-state index in [4.69, 9.17) is 0 Å². The molecule has 0 heterocycles. The summed E-state index contributed by atoms with van der Waals surface area (Å²) in [5.74, 6) is 1.76. The van der Waals surface area contributed by atoms with Crippen LogP contribution in [-0.4, -0.2) is 25.0 Å². The lowest BCUT2D eigenvalue weighted by atomic mass is 10.0. The van der Waals surface area contributed by atoms with Crippen molar-refractivity contribution in [2.24, 2.45) is 11.8 Å². The molecule has 1 heteroatoms. The molecule has 0 atom stereocenters. The van der Waals surface area contributed by atoms with E-state index in [9.17, 15) is 0 Å². The summed E-state index contributed by atoms with van der Waals surface area (Å²) in [6.45, 7) is 11.9. The van der Waals surface area contributed by atoms with Crippen LogP contribution in [0.4, 0.5) is 0 Å². The fourth-order valence-electron chi connectivity index (χ4n) is 3.75. The van der Waals surface area contributed by atoms with Crippen molar-refractivity contribution in [2.75, 3.05) is 20.1 Å². The highest BCUT2D eigenvalue weighted by molar-refractivity contribution is 4.55. The Kier molecular flexibility index (Phi) is 19.7. The molecule has 0 amide bonds. The van der Waals surface area contributed by atoms with Gasteiger partial charge < -0.3 is 4.90 Å². The number of rotatable bonds is 20. The molecule has 0 fully saturated rings. The Morgan fingerprint density at radius 1 is 0.423 bits per heavy atom. The maximum Gasteiger partial charge on any atom is -0.00218 e. The monoisotopic (exact) mass is 367 g/mol. The van der Waals surface area contributed by atoms with E-state index in [1.165, 1.54) is 116 Å². The molecule has 0 aromatic heterocycles. The van der Waals surface area contributed by atoms with Crippen LogP contribution >= 0.6 is 0 Å². The predicted molar refractivity (Wildman–Crippen MR) is 121 cm³/mol. The van der Waals surface area contributed by atoms with E-state index in [0.717, 1.165) is 11.8 Å². The molecule has 0 spiro atoms. The highest BCUT2D eigenvalue weighted by atomic mass is 15.1. The van der Waals surface area contributed by atoms with Gasteiger partial charge in [0.15, 0.2) is 0 Å². The molecule has 0 saturated heterocycles. The molecule has 0 aliphatic rings. The van der Waals surface area contributed by atoms with Gasteiger partial charge in [0, 0.05) is 0 Å². The van der Waals surface area contributed by atoms with Gasteiger partial charge in [-0.15, -0.1) is 0 Å². The Labute approximate surface area is 167 Å². The van der Waals surface area contributed by atoms with Gasteiger partial charge in [0.2, 0.25) is 0 Å². The summed E-state index contributed by atoms with van der Waals surface area (Å²) in [5.41, 5.74) is 0. The molecule has 0 aliphatic carbocycles. The normalized spacial score (nSPS) is 12.0. The van der Waals surface area contributed by atoms with Crippen LogP contribution in [0.25, 0.3) is 0 Å². The first-order chi connectivity index (χ1) is 12.5. The third-order valence-electron chi connectivity index (χ3n) is 5.64. The first-order valence-electron chi connectivity index (χ1n) is 12.2. The third-order valence-corrected chi connectivity index (χ3v) is 5.64. The molecule has 0 unspecified atom stereocenters. The number of hydrogen-bond acceptors (Lipinski definition) is 1. The molecule has 26 heavy (non-hydrogen) atoms. The molecule has 0 rings (SSSR count). The Hall–Kier alpha value is -0.0400. The minimum Gasteiger partial charge on any atom is -0.306 e. The van der Waals surface area contributed by atoms with E-state index in [1.54, 1.807) is 0 Å². The van der Waals surface area contributed by atoms with Gasteiger partial charge in [-0.25, -0.2) is 0 Å². The second kappa shape index (κ2) is 19.7. The molecular formula is C25H53N. The van der Waals surface area contributed by atoms with Crippen LogP contribution in [0, 0.1) is 11.8 Å². The van der Waals surface area contributed by atoms with E-state index in [0.29, 0.717) is 0 Å². The average molecular weight is 368 g/mol. The molecule has 0 saturated carbocycles. The zero-order valence-electron chi connectivity index (χ0n) is 19.3. The lowest BCUT2D eigenvalue weighted by Gasteiger charge is -2.16. The smallest absolute Gasteiger partial charge is 0.00218 e. The number of unbranched alkanes of at least 4 members (excludes halogenated alkanes) is 12. The average Bonchev–Trinajstić information content (AvgIpc) is 2.58. The summed E-state index contributed by atoms with van der Waals surface area (Å²) in [7, 11) is 2.30. The third kappa shape index (κ3) is 22.0. The first-order valence-corrected chi connectivity index (χ1v) is 12.2. The fourth-order valence-corrected chi connectivity index (χ4v) is 3.75. The SMILES string of the molecule is CC(C)CCCCCCCCCCCCCCN(C)CCCCC(C)C. The van der Waals surface area contributed by atoms with E-state index in [2.05, 4.69) is 39.6 Å². The highest BCUT2D eigenvalue weighted by Crippen LogP contribution is 2.14. The van der Waals surface area contributed by atoms with Crippen LogP contribution in [-0.2, 0) is 0 Å². The second-order valence-corrected chi connectivity index (χ2v) is 9.62. The topological polar surface area (TPSA) is 3.24 Å². The predicted octanol–water partition coefficient (Wildman–Crippen LogP) is 8.47. The summed E-state index contributed by atoms with van der Waals surface area (Å²) in [6.07, 6.45) is 23.1. The van der Waals surface area contributed by atoms with E-state index in [-0.39, 0.29) is 0 Å². The molecule has 1 nitrogen and oxygen atoms in total. The largest absolute Gasteiger partial charge is 0.306 e. The Morgan fingerprint density at radius 2 is 0.692 bits per heavy atom. The Balaban J connectivity index is 3.12. The molecule has 0 bridgehead atoms. The minimum absolute atomic E-state index is 0.870. The van der Waals surface area contributed by atoms with Gasteiger partial charge in [-0.05, 0) is 44.8 Å². The van der Waals surface area contributed by atoms with Gasteiger partial charge in [-0.3, -0.25) is 0 Å². The van der Waals surface area contributed by atoms with Crippen molar-refractivity contribution < 1.29 is 0 Å². The minimum atomic E-state index is 0.870. The van der Waals surface area contributed by atoms with Gasteiger partial charge in [-0.1, -0.05) is 118 Å². The van der Waals surface area contributed by atoms with Crippen molar-refractivity contribution in [3.05, 3.63) is 0 Å². The number of hydrogen-bond donors (Lipinski definition) is 0. The quantitative estimate of drug-likeness (QED) is 0.195.